The van der Waals surface area contributed by atoms with Gasteiger partial charge in [0, 0.05) is 0 Å². The zero-order valence-electron chi connectivity index (χ0n) is 11.6. The topological polar surface area (TPSA) is 72.9 Å². The van der Waals surface area contributed by atoms with Crippen LogP contribution in [0, 0.1) is 0 Å². The normalized spacial score (nSPS) is 13.0. The quantitative estimate of drug-likeness (QED) is 0.640. The Bertz CT molecular complexity index is 731. The van der Waals surface area contributed by atoms with Crippen molar-refractivity contribution in [2.24, 2.45) is 0 Å². The first kappa shape index (κ1) is 13.8. The van der Waals surface area contributed by atoms with Gasteiger partial charge in [0.15, 0.2) is 5.75 Å². The van der Waals surface area contributed by atoms with Gasteiger partial charge in [0.1, 0.15) is 0 Å². The predicted molar refractivity (Wildman–Crippen MR) is 75.4 cm³/mol. The number of fused-ring (bicyclic) bond motifs is 1. The minimum absolute atomic E-state index is 0.266. The molecular formula is C16H11NO5. The van der Waals surface area contributed by atoms with Gasteiger partial charge in [-0.2, -0.15) is 0 Å². The van der Waals surface area contributed by atoms with Crippen LogP contribution in [0.3, 0.4) is 0 Å². The summed E-state index contributed by atoms with van der Waals surface area (Å²) in [6, 6.07) is 12.4. The smallest absolute Gasteiger partial charge is 0.337 e. The average molecular weight is 297 g/mol. The van der Waals surface area contributed by atoms with Gasteiger partial charge in [-0.05, 0) is 36.4 Å². The van der Waals surface area contributed by atoms with Crippen LogP contribution in [-0.2, 0) is 4.74 Å². The van der Waals surface area contributed by atoms with E-state index in [9.17, 15) is 14.4 Å². The fourth-order valence-electron chi connectivity index (χ4n) is 2.13. The van der Waals surface area contributed by atoms with Crippen molar-refractivity contribution in [3.05, 3.63) is 65.2 Å². The van der Waals surface area contributed by atoms with E-state index >= 15 is 0 Å². The lowest BCUT2D eigenvalue weighted by molar-refractivity contribution is -0.0141. The number of carbonyl (C=O) groups excluding carboxylic acids is 3. The second kappa shape index (κ2) is 5.33. The summed E-state index contributed by atoms with van der Waals surface area (Å²) >= 11 is 0. The SMILES string of the molecule is COC(=O)c1ccc(ON2C(=O)c3ccccc3C2=O)cc1. The van der Waals surface area contributed by atoms with Gasteiger partial charge < -0.3 is 9.57 Å². The lowest BCUT2D eigenvalue weighted by Crippen LogP contribution is -2.33. The molecule has 2 amide bonds. The zero-order valence-corrected chi connectivity index (χ0v) is 11.6. The van der Waals surface area contributed by atoms with E-state index in [1.807, 2.05) is 0 Å². The van der Waals surface area contributed by atoms with Crippen molar-refractivity contribution in [2.45, 2.75) is 0 Å². The Kier molecular flexibility index (Phi) is 3.34. The van der Waals surface area contributed by atoms with E-state index in [0.29, 0.717) is 21.8 Å². The lowest BCUT2D eigenvalue weighted by atomic mass is 10.1. The molecule has 0 aromatic heterocycles. The van der Waals surface area contributed by atoms with Crippen molar-refractivity contribution in [1.29, 1.82) is 0 Å². The Labute approximate surface area is 125 Å². The molecule has 0 N–H and O–H groups in total. The summed E-state index contributed by atoms with van der Waals surface area (Å²) in [6.07, 6.45) is 0. The standard InChI is InChI=1S/C16H11NO5/c1-21-16(20)10-6-8-11(9-7-10)22-17-14(18)12-4-2-3-5-13(12)15(17)19/h2-9H,1H3. The van der Waals surface area contributed by atoms with Crippen molar-refractivity contribution in [2.75, 3.05) is 7.11 Å². The average Bonchev–Trinajstić information content (AvgIpc) is 2.80. The highest BCUT2D eigenvalue weighted by Crippen LogP contribution is 2.24. The molecule has 0 bridgehead atoms. The maximum atomic E-state index is 12.1. The highest BCUT2D eigenvalue weighted by atomic mass is 16.7. The summed E-state index contributed by atoms with van der Waals surface area (Å²) in [4.78, 5) is 41.0. The first-order valence-electron chi connectivity index (χ1n) is 6.46. The maximum Gasteiger partial charge on any atom is 0.337 e. The molecule has 1 heterocycles. The summed E-state index contributed by atoms with van der Waals surface area (Å²) in [5.74, 6) is -1.25. The molecule has 0 radical (unpaired) electrons. The minimum Gasteiger partial charge on any atom is -0.465 e. The summed E-state index contributed by atoms with van der Waals surface area (Å²) in [6.45, 7) is 0. The van der Waals surface area contributed by atoms with Gasteiger partial charge >= 0.3 is 5.97 Å². The molecule has 0 spiro atoms. The van der Waals surface area contributed by atoms with E-state index in [4.69, 9.17) is 4.84 Å². The monoisotopic (exact) mass is 297 g/mol. The first-order valence-corrected chi connectivity index (χ1v) is 6.46. The Morgan fingerprint density at radius 3 is 1.95 bits per heavy atom. The van der Waals surface area contributed by atoms with Gasteiger partial charge in [-0.25, -0.2) is 4.79 Å². The number of hydrogen-bond acceptors (Lipinski definition) is 5. The Morgan fingerprint density at radius 2 is 1.45 bits per heavy atom. The fourth-order valence-corrected chi connectivity index (χ4v) is 2.13. The molecule has 0 aliphatic carbocycles. The first-order chi connectivity index (χ1) is 10.6. The number of ether oxygens (including phenoxy) is 1. The maximum absolute atomic E-state index is 12.1. The lowest BCUT2D eigenvalue weighted by Gasteiger charge is -2.14. The molecule has 22 heavy (non-hydrogen) atoms. The number of carbonyl (C=O) groups is 3. The van der Waals surface area contributed by atoms with Crippen LogP contribution in [0.4, 0.5) is 0 Å². The van der Waals surface area contributed by atoms with E-state index in [-0.39, 0.29) is 5.75 Å². The summed E-state index contributed by atoms with van der Waals surface area (Å²) < 4.78 is 4.59. The molecule has 0 atom stereocenters. The molecule has 0 unspecified atom stereocenters. The number of benzene rings is 2. The molecule has 1 aliphatic rings. The molecule has 2 aromatic carbocycles. The summed E-state index contributed by atoms with van der Waals surface area (Å²) in [5, 5.41) is 0.706. The van der Waals surface area contributed by atoms with Crippen LogP contribution in [0.25, 0.3) is 0 Å². The number of methoxy groups -OCH3 is 1. The highest BCUT2D eigenvalue weighted by molar-refractivity contribution is 6.20. The second-order valence-corrected chi connectivity index (χ2v) is 4.56. The molecule has 1 aliphatic heterocycles. The number of nitrogens with zero attached hydrogens (tertiary/aromatic N) is 1. The minimum atomic E-state index is -0.516. The molecule has 3 rings (SSSR count). The van der Waals surface area contributed by atoms with Crippen LogP contribution in [0.5, 0.6) is 5.75 Å². The number of amides is 2. The van der Waals surface area contributed by atoms with Crippen molar-refractivity contribution in [1.82, 2.24) is 5.06 Å². The molecule has 0 saturated carbocycles. The van der Waals surface area contributed by atoms with E-state index in [1.54, 1.807) is 24.3 Å². The second-order valence-electron chi connectivity index (χ2n) is 4.56. The van der Waals surface area contributed by atoms with Gasteiger partial charge in [-0.15, -0.1) is 0 Å². The molecule has 6 heteroatoms. The molecule has 2 aromatic rings. The third kappa shape index (κ3) is 2.20. The molecule has 6 nitrogen and oxygen atoms in total. The fraction of sp³-hybridized carbons (Fsp3) is 0.0625. The van der Waals surface area contributed by atoms with Crippen molar-refractivity contribution in [3.8, 4) is 5.75 Å². The number of esters is 1. The van der Waals surface area contributed by atoms with E-state index in [2.05, 4.69) is 4.74 Å². The van der Waals surface area contributed by atoms with Gasteiger partial charge in [0.25, 0.3) is 11.8 Å². The van der Waals surface area contributed by atoms with Crippen LogP contribution in [-0.4, -0.2) is 30.0 Å². The van der Waals surface area contributed by atoms with Gasteiger partial charge in [0.05, 0.1) is 23.8 Å². The highest BCUT2D eigenvalue weighted by Gasteiger charge is 2.37. The number of rotatable bonds is 3. The van der Waals surface area contributed by atoms with E-state index in [0.717, 1.165) is 0 Å². The number of imide groups is 1. The Morgan fingerprint density at radius 1 is 0.909 bits per heavy atom. The zero-order chi connectivity index (χ0) is 15.7. The van der Waals surface area contributed by atoms with Gasteiger partial charge in [0.2, 0.25) is 0 Å². The number of hydrogen-bond donors (Lipinski definition) is 0. The van der Waals surface area contributed by atoms with Crippen LogP contribution >= 0.6 is 0 Å². The number of hydroxylamine groups is 2. The van der Waals surface area contributed by atoms with E-state index < -0.39 is 17.8 Å². The third-order valence-corrected chi connectivity index (χ3v) is 3.23. The van der Waals surface area contributed by atoms with Crippen LogP contribution in [0.1, 0.15) is 31.1 Å². The molecule has 0 fully saturated rings. The van der Waals surface area contributed by atoms with Gasteiger partial charge in [-0.1, -0.05) is 17.2 Å². The largest absolute Gasteiger partial charge is 0.465 e. The Balaban J connectivity index is 1.81. The van der Waals surface area contributed by atoms with E-state index in [1.165, 1.54) is 31.4 Å². The van der Waals surface area contributed by atoms with Crippen molar-refractivity contribution < 1.29 is 24.0 Å². The summed E-state index contributed by atoms with van der Waals surface area (Å²) in [5.41, 5.74) is 0.953. The van der Waals surface area contributed by atoms with Gasteiger partial charge in [-0.3, -0.25) is 9.59 Å². The molecule has 0 saturated heterocycles. The molecule has 110 valence electrons. The predicted octanol–water partition coefficient (Wildman–Crippen LogP) is 2.06. The van der Waals surface area contributed by atoms with Crippen molar-refractivity contribution >= 4 is 17.8 Å². The van der Waals surface area contributed by atoms with Crippen LogP contribution < -0.4 is 4.84 Å². The summed E-state index contributed by atoms with van der Waals surface area (Å²) in [7, 11) is 1.28. The van der Waals surface area contributed by atoms with Crippen molar-refractivity contribution in [3.63, 3.8) is 0 Å². The Hall–Kier alpha value is -3.15. The molecular weight excluding hydrogens is 286 g/mol. The van der Waals surface area contributed by atoms with Crippen LogP contribution in [0.15, 0.2) is 48.5 Å². The third-order valence-electron chi connectivity index (χ3n) is 3.23. The van der Waals surface area contributed by atoms with Crippen LogP contribution in [0.2, 0.25) is 0 Å².